The van der Waals surface area contributed by atoms with E-state index in [0.29, 0.717) is 34.8 Å². The number of thioether (sulfide) groups is 2. The Hall–Kier alpha value is -2.60. The molecule has 0 fully saturated rings. The Morgan fingerprint density at radius 3 is 2.94 bits per heavy atom. The highest BCUT2D eigenvalue weighted by atomic mass is 32.2. The SMILES string of the molecule is CCCNc1nc(SC)nc2c1cnn2CCNC(=O)CC1CSc2nc(C)cc(=O)n21. The van der Waals surface area contributed by atoms with Crippen LogP contribution in [0.25, 0.3) is 11.0 Å². The molecule has 0 aliphatic carbocycles. The quantitative estimate of drug-likeness (QED) is 0.355. The molecule has 4 rings (SSSR count). The first-order valence-corrected chi connectivity index (χ1v) is 12.7. The average Bonchev–Trinajstić information content (AvgIpc) is 3.36. The van der Waals surface area contributed by atoms with Crippen LogP contribution in [0, 0.1) is 6.92 Å². The van der Waals surface area contributed by atoms with Crippen LogP contribution in [0.15, 0.2) is 27.4 Å². The zero-order valence-electron chi connectivity index (χ0n) is 18.3. The highest BCUT2D eigenvalue weighted by molar-refractivity contribution is 7.99. The van der Waals surface area contributed by atoms with E-state index in [4.69, 9.17) is 0 Å². The van der Waals surface area contributed by atoms with Crippen LogP contribution in [0.2, 0.25) is 0 Å². The van der Waals surface area contributed by atoms with E-state index < -0.39 is 0 Å². The van der Waals surface area contributed by atoms with Crippen molar-refractivity contribution in [1.29, 1.82) is 0 Å². The topological polar surface area (TPSA) is 120 Å². The third kappa shape index (κ3) is 4.75. The maximum Gasteiger partial charge on any atom is 0.254 e. The van der Waals surface area contributed by atoms with E-state index in [2.05, 4.69) is 37.6 Å². The lowest BCUT2D eigenvalue weighted by Gasteiger charge is -2.13. The predicted molar refractivity (Wildman–Crippen MR) is 127 cm³/mol. The Labute approximate surface area is 194 Å². The van der Waals surface area contributed by atoms with Crippen molar-refractivity contribution in [2.75, 3.05) is 30.4 Å². The molecule has 1 aliphatic rings. The van der Waals surface area contributed by atoms with Gasteiger partial charge in [0, 0.05) is 37.0 Å². The van der Waals surface area contributed by atoms with Crippen molar-refractivity contribution in [2.24, 2.45) is 0 Å². The summed E-state index contributed by atoms with van der Waals surface area (Å²) in [4.78, 5) is 38.4. The number of nitrogens with zero attached hydrogens (tertiary/aromatic N) is 6. The van der Waals surface area contributed by atoms with E-state index in [1.165, 1.54) is 29.6 Å². The molecule has 1 amide bonds. The summed E-state index contributed by atoms with van der Waals surface area (Å²) in [5, 5.41) is 12.9. The summed E-state index contributed by atoms with van der Waals surface area (Å²) in [5.41, 5.74) is 1.34. The standard InChI is InChI=1S/C20H26N8O2S2/c1-4-5-22-17-14-10-23-27(18(14)26-19(25-17)31-3)7-6-21-15(29)9-13-11-32-20-24-12(2)8-16(30)28(13)20/h8,10,13H,4-7,9,11H2,1-3H3,(H,21,29)(H,22,25,26). The molecule has 4 heterocycles. The van der Waals surface area contributed by atoms with Crippen molar-refractivity contribution >= 4 is 46.3 Å². The number of hydrogen-bond acceptors (Lipinski definition) is 9. The van der Waals surface area contributed by atoms with Crippen LogP contribution >= 0.6 is 23.5 Å². The van der Waals surface area contributed by atoms with Gasteiger partial charge >= 0.3 is 0 Å². The molecule has 0 spiro atoms. The van der Waals surface area contributed by atoms with Crippen molar-refractivity contribution in [3.05, 3.63) is 28.3 Å². The first kappa shape index (κ1) is 22.6. The Morgan fingerprint density at radius 1 is 1.31 bits per heavy atom. The van der Waals surface area contributed by atoms with Crippen molar-refractivity contribution in [3.8, 4) is 0 Å². The predicted octanol–water partition coefficient (Wildman–Crippen LogP) is 2.09. The molecule has 0 saturated heterocycles. The number of aryl methyl sites for hydroxylation is 1. The van der Waals surface area contributed by atoms with Crippen LogP contribution in [0.4, 0.5) is 5.82 Å². The first-order valence-electron chi connectivity index (χ1n) is 10.5. The fourth-order valence-electron chi connectivity index (χ4n) is 3.57. The minimum Gasteiger partial charge on any atom is -0.369 e. The second kappa shape index (κ2) is 9.90. The molecule has 2 N–H and O–H groups in total. The van der Waals surface area contributed by atoms with Gasteiger partial charge in [0.1, 0.15) is 5.82 Å². The molecule has 170 valence electrons. The number of aromatic nitrogens is 6. The molecule has 0 aromatic carbocycles. The van der Waals surface area contributed by atoms with Gasteiger partial charge in [-0.3, -0.25) is 14.2 Å². The second-order valence-corrected chi connectivity index (χ2v) is 9.26. The van der Waals surface area contributed by atoms with E-state index in [-0.39, 0.29) is 23.9 Å². The normalized spacial score (nSPS) is 15.2. The van der Waals surface area contributed by atoms with Crippen LogP contribution in [0.3, 0.4) is 0 Å². The number of carbonyl (C=O) groups excluding carboxylic acids is 1. The van der Waals surface area contributed by atoms with Gasteiger partial charge in [-0.15, -0.1) is 0 Å². The monoisotopic (exact) mass is 474 g/mol. The number of hydrogen-bond donors (Lipinski definition) is 2. The molecule has 3 aromatic heterocycles. The summed E-state index contributed by atoms with van der Waals surface area (Å²) in [6.45, 7) is 5.63. The van der Waals surface area contributed by atoms with Crippen LogP contribution in [0.1, 0.15) is 31.5 Å². The lowest BCUT2D eigenvalue weighted by atomic mass is 10.2. The molecular formula is C20H26N8O2S2. The smallest absolute Gasteiger partial charge is 0.254 e. The van der Waals surface area contributed by atoms with Gasteiger partial charge in [0.15, 0.2) is 16.0 Å². The fourth-order valence-corrected chi connectivity index (χ4v) is 5.12. The first-order chi connectivity index (χ1) is 15.5. The van der Waals surface area contributed by atoms with Gasteiger partial charge in [-0.2, -0.15) is 5.10 Å². The minimum absolute atomic E-state index is 0.0999. The molecule has 32 heavy (non-hydrogen) atoms. The summed E-state index contributed by atoms with van der Waals surface area (Å²) in [5.74, 6) is 1.35. The molecule has 1 aliphatic heterocycles. The Balaban J connectivity index is 1.39. The molecule has 0 bridgehead atoms. The highest BCUT2D eigenvalue weighted by Crippen LogP contribution is 2.31. The van der Waals surface area contributed by atoms with Crippen molar-refractivity contribution < 1.29 is 4.79 Å². The number of amides is 1. The van der Waals surface area contributed by atoms with Gasteiger partial charge < -0.3 is 10.6 Å². The van der Waals surface area contributed by atoms with Crippen molar-refractivity contribution in [1.82, 2.24) is 34.6 Å². The Kier molecular flexibility index (Phi) is 6.99. The van der Waals surface area contributed by atoms with Gasteiger partial charge in [0.05, 0.1) is 24.2 Å². The third-order valence-electron chi connectivity index (χ3n) is 5.09. The lowest BCUT2D eigenvalue weighted by Crippen LogP contribution is -2.32. The van der Waals surface area contributed by atoms with Crippen molar-refractivity contribution in [2.45, 2.75) is 49.6 Å². The molecule has 1 atom stereocenters. The largest absolute Gasteiger partial charge is 0.369 e. The van der Waals surface area contributed by atoms with Gasteiger partial charge in [0.2, 0.25) is 5.91 Å². The highest BCUT2D eigenvalue weighted by Gasteiger charge is 2.27. The number of rotatable bonds is 9. The van der Waals surface area contributed by atoms with Crippen LogP contribution < -0.4 is 16.2 Å². The van der Waals surface area contributed by atoms with E-state index in [0.717, 1.165) is 29.8 Å². The maximum absolute atomic E-state index is 12.5. The van der Waals surface area contributed by atoms with Gasteiger partial charge in [-0.1, -0.05) is 30.4 Å². The zero-order chi connectivity index (χ0) is 22.7. The molecule has 3 aromatic rings. The Bertz CT molecular complexity index is 1190. The average molecular weight is 475 g/mol. The summed E-state index contributed by atoms with van der Waals surface area (Å²) >= 11 is 2.99. The number of carbonyl (C=O) groups is 1. The zero-order valence-corrected chi connectivity index (χ0v) is 19.9. The second-order valence-electron chi connectivity index (χ2n) is 7.50. The van der Waals surface area contributed by atoms with Crippen LogP contribution in [0.5, 0.6) is 0 Å². The van der Waals surface area contributed by atoms with Gasteiger partial charge in [-0.05, 0) is 19.6 Å². The van der Waals surface area contributed by atoms with E-state index in [1.807, 2.05) is 6.26 Å². The minimum atomic E-state index is -0.176. The van der Waals surface area contributed by atoms with E-state index in [9.17, 15) is 9.59 Å². The van der Waals surface area contributed by atoms with Crippen LogP contribution in [-0.4, -0.2) is 60.3 Å². The third-order valence-corrected chi connectivity index (χ3v) is 6.73. The van der Waals surface area contributed by atoms with E-state index in [1.54, 1.807) is 22.4 Å². The van der Waals surface area contributed by atoms with Crippen molar-refractivity contribution in [3.63, 3.8) is 0 Å². The van der Waals surface area contributed by atoms with E-state index >= 15 is 0 Å². The Morgan fingerprint density at radius 2 is 2.16 bits per heavy atom. The summed E-state index contributed by atoms with van der Waals surface area (Å²) in [6.07, 6.45) is 4.93. The molecular weight excluding hydrogens is 448 g/mol. The molecule has 1 unspecified atom stereocenters. The van der Waals surface area contributed by atoms with Gasteiger partial charge in [0.25, 0.3) is 5.56 Å². The summed E-state index contributed by atoms with van der Waals surface area (Å²) in [7, 11) is 0. The fraction of sp³-hybridized carbons (Fsp3) is 0.500. The maximum atomic E-state index is 12.5. The molecule has 0 saturated carbocycles. The number of anilines is 1. The molecule has 10 nitrogen and oxygen atoms in total. The number of nitrogens with one attached hydrogen (secondary N) is 2. The molecule has 0 radical (unpaired) electrons. The summed E-state index contributed by atoms with van der Waals surface area (Å²) < 4.78 is 3.41. The molecule has 12 heteroatoms. The van der Waals surface area contributed by atoms with Gasteiger partial charge in [-0.25, -0.2) is 19.6 Å². The van der Waals surface area contributed by atoms with Crippen LogP contribution in [-0.2, 0) is 11.3 Å². The number of fused-ring (bicyclic) bond motifs is 2. The lowest BCUT2D eigenvalue weighted by molar-refractivity contribution is -0.121. The summed E-state index contributed by atoms with van der Waals surface area (Å²) in [6, 6.07) is 1.34.